The molecule has 31 heavy (non-hydrogen) atoms. The zero-order valence-corrected chi connectivity index (χ0v) is 16.9. The summed E-state index contributed by atoms with van der Waals surface area (Å²) in [7, 11) is 0. The maximum absolute atomic E-state index is 13.1. The fraction of sp³-hybridized carbons (Fsp3) is 0.130. The van der Waals surface area contributed by atoms with Crippen molar-refractivity contribution in [2.75, 3.05) is 11.5 Å². The highest BCUT2D eigenvalue weighted by atomic mass is 16.5. The molecule has 1 aliphatic rings. The lowest BCUT2D eigenvalue weighted by Gasteiger charge is -2.26. The Morgan fingerprint density at radius 3 is 2.45 bits per heavy atom. The third-order valence-corrected chi connectivity index (χ3v) is 4.89. The van der Waals surface area contributed by atoms with Crippen molar-refractivity contribution in [3.8, 4) is 5.75 Å². The molecular weight excluding hydrogens is 398 g/mol. The minimum absolute atomic E-state index is 0.202. The molecule has 0 atom stereocenters. The number of hydrogen-bond donors (Lipinski definition) is 1. The van der Waals surface area contributed by atoms with E-state index in [-0.39, 0.29) is 11.5 Å². The van der Waals surface area contributed by atoms with Gasteiger partial charge in [0.25, 0.3) is 11.8 Å². The van der Waals surface area contributed by atoms with E-state index in [9.17, 15) is 19.2 Å². The van der Waals surface area contributed by atoms with E-state index in [0.29, 0.717) is 34.5 Å². The molecule has 4 amide bonds. The lowest BCUT2D eigenvalue weighted by atomic mass is 10.1. The number of benzene rings is 2. The number of nitrogens with one attached hydrogen (secondary N) is 1. The number of rotatable bonds is 4. The van der Waals surface area contributed by atoms with Gasteiger partial charge in [-0.25, -0.2) is 9.69 Å². The predicted molar refractivity (Wildman–Crippen MR) is 115 cm³/mol. The molecule has 0 unspecified atom stereocenters. The van der Waals surface area contributed by atoms with E-state index in [1.807, 2.05) is 6.92 Å². The molecule has 1 fully saturated rings. The molecule has 1 saturated heterocycles. The molecule has 8 heteroatoms. The number of carbonyl (C=O) groups excluding carboxylic acids is 4. The molecule has 1 aromatic heterocycles. The Bertz CT molecular complexity index is 1250. The number of amides is 4. The van der Waals surface area contributed by atoms with Gasteiger partial charge in [0, 0.05) is 24.1 Å². The second-order valence-corrected chi connectivity index (χ2v) is 6.88. The molecule has 0 saturated carbocycles. The molecule has 156 valence electrons. The molecular formula is C23H19N3O5. The summed E-state index contributed by atoms with van der Waals surface area (Å²) >= 11 is 0. The van der Waals surface area contributed by atoms with Gasteiger partial charge in [0.2, 0.25) is 5.91 Å². The van der Waals surface area contributed by atoms with Crippen LogP contribution in [-0.4, -0.2) is 34.9 Å². The summed E-state index contributed by atoms with van der Waals surface area (Å²) < 4.78 is 6.83. The van der Waals surface area contributed by atoms with Gasteiger partial charge >= 0.3 is 6.03 Å². The lowest BCUT2D eigenvalue weighted by molar-refractivity contribution is -0.122. The summed E-state index contributed by atoms with van der Waals surface area (Å²) in [5, 5.41) is 2.90. The number of anilines is 1. The zero-order chi connectivity index (χ0) is 22.1. The van der Waals surface area contributed by atoms with Crippen molar-refractivity contribution >= 4 is 46.4 Å². The van der Waals surface area contributed by atoms with Crippen LogP contribution in [0.4, 0.5) is 10.5 Å². The van der Waals surface area contributed by atoms with Gasteiger partial charge in [-0.2, -0.15) is 0 Å². The van der Waals surface area contributed by atoms with Crippen LogP contribution in [0.15, 0.2) is 60.3 Å². The quantitative estimate of drug-likeness (QED) is 0.519. The second-order valence-electron chi connectivity index (χ2n) is 6.88. The highest BCUT2D eigenvalue weighted by molar-refractivity contribution is 6.39. The molecule has 0 radical (unpaired) electrons. The minimum Gasteiger partial charge on any atom is -0.494 e. The zero-order valence-electron chi connectivity index (χ0n) is 16.9. The van der Waals surface area contributed by atoms with E-state index in [1.165, 1.54) is 17.6 Å². The van der Waals surface area contributed by atoms with Crippen molar-refractivity contribution in [3.05, 3.63) is 65.9 Å². The number of ether oxygens (including phenoxy) is 1. The van der Waals surface area contributed by atoms with Crippen molar-refractivity contribution in [2.45, 2.75) is 13.8 Å². The van der Waals surface area contributed by atoms with Gasteiger partial charge in [0.15, 0.2) is 0 Å². The Labute approximate surface area is 177 Å². The summed E-state index contributed by atoms with van der Waals surface area (Å²) in [6, 6.07) is 12.7. The monoisotopic (exact) mass is 417 g/mol. The number of carbonyl (C=O) groups is 4. The number of fused-ring (bicyclic) bond motifs is 1. The Hall–Kier alpha value is -4.20. The topological polar surface area (TPSA) is 97.7 Å². The van der Waals surface area contributed by atoms with Crippen molar-refractivity contribution < 1.29 is 23.9 Å². The van der Waals surface area contributed by atoms with Gasteiger partial charge in [-0.05, 0) is 43.3 Å². The number of imide groups is 2. The summed E-state index contributed by atoms with van der Waals surface area (Å²) in [6.45, 7) is 3.76. The molecule has 1 aliphatic heterocycles. The van der Waals surface area contributed by atoms with Crippen molar-refractivity contribution in [3.63, 3.8) is 0 Å². The molecule has 0 aliphatic carbocycles. The van der Waals surface area contributed by atoms with Crippen LogP contribution in [-0.2, 0) is 9.59 Å². The van der Waals surface area contributed by atoms with E-state index >= 15 is 0 Å². The lowest BCUT2D eigenvalue weighted by Crippen LogP contribution is -2.54. The maximum Gasteiger partial charge on any atom is 0.335 e. The van der Waals surface area contributed by atoms with Crippen LogP contribution in [0.1, 0.15) is 24.2 Å². The Morgan fingerprint density at radius 1 is 1.06 bits per heavy atom. The third kappa shape index (κ3) is 3.59. The van der Waals surface area contributed by atoms with Crippen LogP contribution in [0, 0.1) is 0 Å². The average molecular weight is 417 g/mol. The standard InChI is InChI=1S/C23H19N3O5/c1-3-31-17-10-8-16(9-11-17)26-22(29)19(21(28)24-23(26)30)12-15-13-25(14(2)27)20-7-5-4-6-18(15)20/h4-13H,3H2,1-2H3,(H,24,28,30)/b19-12+. The first-order chi connectivity index (χ1) is 14.9. The highest BCUT2D eigenvalue weighted by Gasteiger charge is 2.37. The van der Waals surface area contributed by atoms with Crippen molar-refractivity contribution in [1.29, 1.82) is 0 Å². The molecule has 0 bridgehead atoms. The van der Waals surface area contributed by atoms with E-state index < -0.39 is 17.8 Å². The summed E-state index contributed by atoms with van der Waals surface area (Å²) in [5.41, 5.74) is 1.27. The smallest absolute Gasteiger partial charge is 0.335 e. The minimum atomic E-state index is -0.831. The van der Waals surface area contributed by atoms with Gasteiger partial charge in [-0.3, -0.25) is 24.3 Å². The van der Waals surface area contributed by atoms with Gasteiger partial charge in [0.1, 0.15) is 11.3 Å². The summed E-state index contributed by atoms with van der Waals surface area (Å²) in [5.74, 6) is -1.15. The number of barbiturate groups is 1. The fourth-order valence-corrected chi connectivity index (χ4v) is 3.49. The van der Waals surface area contributed by atoms with Gasteiger partial charge < -0.3 is 4.74 Å². The molecule has 8 nitrogen and oxygen atoms in total. The van der Waals surface area contributed by atoms with Crippen molar-refractivity contribution in [1.82, 2.24) is 9.88 Å². The van der Waals surface area contributed by atoms with E-state index in [1.54, 1.807) is 54.7 Å². The van der Waals surface area contributed by atoms with Crippen LogP contribution in [0.2, 0.25) is 0 Å². The van der Waals surface area contributed by atoms with E-state index in [2.05, 4.69) is 5.32 Å². The first-order valence-electron chi connectivity index (χ1n) is 9.66. The molecule has 2 aromatic carbocycles. The SMILES string of the molecule is CCOc1ccc(N2C(=O)NC(=O)/C(=C\c3cn(C(C)=O)c4ccccc34)C2=O)cc1. The third-order valence-electron chi connectivity index (χ3n) is 4.89. The normalized spacial score (nSPS) is 15.5. The fourth-order valence-electron chi connectivity index (χ4n) is 3.49. The van der Waals surface area contributed by atoms with Gasteiger partial charge in [-0.1, -0.05) is 18.2 Å². The predicted octanol–water partition coefficient (Wildman–Crippen LogP) is 3.37. The first kappa shape index (κ1) is 20.1. The van der Waals surface area contributed by atoms with Gasteiger partial charge in [0.05, 0.1) is 17.8 Å². The molecule has 4 rings (SSSR count). The first-order valence-corrected chi connectivity index (χ1v) is 9.66. The van der Waals surface area contributed by atoms with Crippen LogP contribution in [0.5, 0.6) is 5.75 Å². The van der Waals surface area contributed by atoms with Gasteiger partial charge in [-0.15, -0.1) is 0 Å². The summed E-state index contributed by atoms with van der Waals surface area (Å²) in [4.78, 5) is 50.9. The number of aromatic nitrogens is 1. The Morgan fingerprint density at radius 2 is 1.77 bits per heavy atom. The number of urea groups is 1. The molecule has 2 heterocycles. The number of para-hydroxylation sites is 1. The summed E-state index contributed by atoms with van der Waals surface area (Å²) in [6.07, 6.45) is 2.96. The van der Waals surface area contributed by atoms with Crippen LogP contribution in [0.25, 0.3) is 17.0 Å². The highest BCUT2D eigenvalue weighted by Crippen LogP contribution is 2.27. The molecule has 0 spiro atoms. The second kappa shape index (κ2) is 7.91. The molecule has 1 N–H and O–H groups in total. The van der Waals surface area contributed by atoms with Crippen LogP contribution < -0.4 is 15.0 Å². The van der Waals surface area contributed by atoms with Crippen LogP contribution >= 0.6 is 0 Å². The number of nitrogens with zero attached hydrogens (tertiary/aromatic N) is 2. The average Bonchev–Trinajstić information content (AvgIpc) is 3.11. The maximum atomic E-state index is 13.1. The Kier molecular flexibility index (Phi) is 5.12. The largest absolute Gasteiger partial charge is 0.494 e. The molecule has 3 aromatic rings. The van der Waals surface area contributed by atoms with Crippen molar-refractivity contribution in [2.24, 2.45) is 0 Å². The Balaban J connectivity index is 1.76. The van der Waals surface area contributed by atoms with Crippen LogP contribution in [0.3, 0.4) is 0 Å². The van der Waals surface area contributed by atoms with E-state index in [0.717, 1.165) is 4.90 Å². The van der Waals surface area contributed by atoms with E-state index in [4.69, 9.17) is 4.74 Å². The number of hydrogen-bond acceptors (Lipinski definition) is 5.